The van der Waals surface area contributed by atoms with Gasteiger partial charge in [-0.25, -0.2) is 25.6 Å². The zero-order chi connectivity index (χ0) is 56.1. The standard InChI is InChI=1S/C56H66ClF2N6O9PS3/c1-37(2)65-39(4)55(77(5,70)71)53(54(65)40-10-12-43(57)13-11-40)42-33-44(58)35-48(34-42)64-28-26-63(27-29-64)47-16-14-45(15-17-47)61-78(72,73)49-18-19-51(38(3)32-49)60-46(36-76-52-9-7-6-8-50(52)59)22-25-62-23-20-41(21-24-62)56(66)74-30-31-75(67,68)69/h6-19,32-35,37,41,46,60-61H,20-31,36H2,1-5H3,(H2,67,68,69)/t46-/m1/s1. The van der Waals surface area contributed by atoms with Crippen molar-refractivity contribution in [1.82, 2.24) is 9.47 Å². The molecule has 15 nitrogen and oxygen atoms in total. The Kier molecular flexibility index (Phi) is 18.8. The number of nitrogens with one attached hydrogen (secondary N) is 2. The highest BCUT2D eigenvalue weighted by atomic mass is 35.5. The summed E-state index contributed by atoms with van der Waals surface area (Å²) in [5.41, 5.74) is 6.18. The van der Waals surface area contributed by atoms with Crippen LogP contribution in [0.4, 0.5) is 31.5 Å². The number of sulfone groups is 1. The van der Waals surface area contributed by atoms with Crippen LogP contribution in [0.5, 0.6) is 0 Å². The van der Waals surface area contributed by atoms with E-state index in [2.05, 4.69) is 24.7 Å². The lowest BCUT2D eigenvalue weighted by Crippen LogP contribution is -2.46. The minimum Gasteiger partial charge on any atom is -0.465 e. The van der Waals surface area contributed by atoms with E-state index in [9.17, 15) is 30.6 Å². The van der Waals surface area contributed by atoms with Crippen LogP contribution in [0, 0.1) is 31.4 Å². The number of aromatic nitrogens is 1. The van der Waals surface area contributed by atoms with Gasteiger partial charge in [0.2, 0.25) is 0 Å². The van der Waals surface area contributed by atoms with E-state index in [1.54, 1.807) is 67.6 Å². The van der Waals surface area contributed by atoms with Crippen molar-refractivity contribution in [2.24, 2.45) is 5.92 Å². The number of likely N-dealkylation sites (tertiary alicyclic amines) is 1. The summed E-state index contributed by atoms with van der Waals surface area (Å²) in [6, 6.07) is 30.2. The van der Waals surface area contributed by atoms with Gasteiger partial charge in [0.15, 0.2) is 9.84 Å². The molecule has 4 N–H and O–H groups in total. The maximum absolute atomic E-state index is 15.8. The maximum Gasteiger partial charge on any atom is 0.328 e. The molecule has 418 valence electrons. The van der Waals surface area contributed by atoms with Crippen molar-refractivity contribution in [3.05, 3.63) is 137 Å². The lowest BCUT2D eigenvalue weighted by atomic mass is 9.97. The first-order valence-corrected chi connectivity index (χ1v) is 32.3. The SMILES string of the molecule is Cc1cc(S(=O)(=O)Nc2ccc(N3CCN(c4cc(F)cc(-c5c(S(C)(=O)=O)c(C)n(C(C)C)c5-c5ccc(Cl)cc5)c4)CC3)cc2)ccc1N[C@H](CCN1CCC(C(=O)OCCP(=O)(O)O)CC1)CSc1ccccc1F. The second-order valence-corrected chi connectivity index (χ2v) is 27.1. The van der Waals surface area contributed by atoms with Crippen molar-refractivity contribution in [3.8, 4) is 22.4 Å². The summed E-state index contributed by atoms with van der Waals surface area (Å²) < 4.78 is 106. The average Bonchev–Trinajstić information content (AvgIpc) is 3.78. The van der Waals surface area contributed by atoms with Crippen LogP contribution < -0.4 is 19.8 Å². The number of esters is 1. The minimum atomic E-state index is -4.26. The fourth-order valence-corrected chi connectivity index (χ4v) is 14.1. The molecule has 1 atom stereocenters. The topological polar surface area (TPSA) is 191 Å². The number of carbonyl (C=O) groups excluding carboxylic acids is 1. The highest BCUT2D eigenvalue weighted by molar-refractivity contribution is 7.99. The minimum absolute atomic E-state index is 0.0769. The zero-order valence-corrected chi connectivity index (χ0v) is 48.3. The van der Waals surface area contributed by atoms with Gasteiger partial charge in [0.25, 0.3) is 10.0 Å². The largest absolute Gasteiger partial charge is 0.465 e. The van der Waals surface area contributed by atoms with Gasteiger partial charge in [0.05, 0.1) is 27.6 Å². The van der Waals surface area contributed by atoms with Crippen molar-refractivity contribution in [2.45, 2.75) is 73.7 Å². The van der Waals surface area contributed by atoms with Crippen LogP contribution in [0.25, 0.3) is 22.4 Å². The Bertz CT molecular complexity index is 3390. The molecule has 0 unspecified atom stereocenters. The Hall–Kier alpha value is -5.44. The van der Waals surface area contributed by atoms with Gasteiger partial charge in [-0.05, 0) is 162 Å². The first-order chi connectivity index (χ1) is 36.9. The van der Waals surface area contributed by atoms with Crippen LogP contribution in [-0.2, 0) is 34.0 Å². The van der Waals surface area contributed by atoms with Gasteiger partial charge in [-0.1, -0.05) is 35.9 Å². The molecule has 2 aliphatic rings. The summed E-state index contributed by atoms with van der Waals surface area (Å²) in [6.45, 7) is 11.4. The molecule has 6 aromatic rings. The van der Waals surface area contributed by atoms with E-state index in [1.807, 2.05) is 55.7 Å². The number of rotatable bonds is 21. The number of piperidine rings is 1. The number of halogens is 3. The molecule has 0 amide bonds. The molecule has 0 saturated carbocycles. The van der Waals surface area contributed by atoms with E-state index in [-0.39, 0.29) is 40.2 Å². The predicted octanol–water partition coefficient (Wildman–Crippen LogP) is 10.9. The van der Waals surface area contributed by atoms with Gasteiger partial charge in [-0.2, -0.15) is 0 Å². The molecule has 5 aromatic carbocycles. The number of thioether (sulfide) groups is 1. The van der Waals surface area contributed by atoms with Crippen LogP contribution in [0.2, 0.25) is 5.02 Å². The molecule has 0 radical (unpaired) electrons. The number of ether oxygens (including phenoxy) is 1. The molecule has 2 aliphatic heterocycles. The molecule has 22 heteroatoms. The third kappa shape index (κ3) is 14.7. The summed E-state index contributed by atoms with van der Waals surface area (Å²) in [5, 5.41) is 4.11. The van der Waals surface area contributed by atoms with Crippen molar-refractivity contribution in [2.75, 3.05) is 90.4 Å². The average molecular weight is 1170 g/mol. The van der Waals surface area contributed by atoms with Gasteiger partial charge in [-0.15, -0.1) is 11.8 Å². The third-order valence-electron chi connectivity index (χ3n) is 14.2. The van der Waals surface area contributed by atoms with Gasteiger partial charge >= 0.3 is 13.6 Å². The second-order valence-electron chi connectivity index (χ2n) is 20.2. The molecule has 0 aliphatic carbocycles. The number of hydrogen-bond donors (Lipinski definition) is 4. The van der Waals surface area contributed by atoms with Gasteiger partial charge in [-0.3, -0.25) is 14.1 Å². The molecule has 0 spiro atoms. The van der Waals surface area contributed by atoms with Crippen molar-refractivity contribution in [3.63, 3.8) is 0 Å². The first kappa shape index (κ1) is 58.7. The summed E-state index contributed by atoms with van der Waals surface area (Å²) in [5.74, 6) is -1.10. The van der Waals surface area contributed by atoms with Gasteiger partial charge < -0.3 is 39.1 Å². The summed E-state index contributed by atoms with van der Waals surface area (Å²) in [4.78, 5) is 37.9. The van der Waals surface area contributed by atoms with Crippen molar-refractivity contribution in [1.29, 1.82) is 0 Å². The third-order valence-corrected chi connectivity index (χ3v) is 19.0. The number of nitrogens with zero attached hydrogens (tertiary/aromatic N) is 4. The number of benzene rings is 5. The molecule has 3 heterocycles. The second kappa shape index (κ2) is 24.9. The number of anilines is 4. The highest BCUT2D eigenvalue weighted by Crippen LogP contribution is 2.45. The van der Waals surface area contributed by atoms with E-state index >= 15 is 4.39 Å². The Morgan fingerprint density at radius 2 is 1.49 bits per heavy atom. The summed E-state index contributed by atoms with van der Waals surface area (Å²) in [6.07, 6.45) is 2.43. The van der Waals surface area contributed by atoms with Crippen LogP contribution in [0.1, 0.15) is 50.4 Å². The number of aryl methyl sites for hydroxylation is 1. The lowest BCUT2D eigenvalue weighted by Gasteiger charge is -2.37. The number of carbonyl (C=O) groups is 1. The van der Waals surface area contributed by atoms with E-state index < -0.39 is 45.4 Å². The molecule has 78 heavy (non-hydrogen) atoms. The van der Waals surface area contributed by atoms with Crippen molar-refractivity contribution < 1.29 is 49.5 Å². The quantitative estimate of drug-likeness (QED) is 0.0302. The highest BCUT2D eigenvalue weighted by Gasteiger charge is 2.32. The van der Waals surface area contributed by atoms with Crippen LogP contribution in [0.3, 0.4) is 0 Å². The Morgan fingerprint density at radius 3 is 2.10 bits per heavy atom. The molecule has 2 fully saturated rings. The number of piperazine rings is 1. The monoisotopic (exact) mass is 1170 g/mol. The van der Waals surface area contributed by atoms with E-state index in [1.165, 1.54) is 36.2 Å². The van der Waals surface area contributed by atoms with Crippen molar-refractivity contribution >= 4 is 79.5 Å². The zero-order valence-electron chi connectivity index (χ0n) is 44.2. The normalized spacial score (nSPS) is 15.4. The maximum atomic E-state index is 15.8. The number of sulfonamides is 1. The number of hydrogen-bond acceptors (Lipinski definition) is 12. The molecule has 1 aromatic heterocycles. The Labute approximate surface area is 465 Å². The van der Waals surface area contributed by atoms with Crippen LogP contribution in [0.15, 0.2) is 124 Å². The lowest BCUT2D eigenvalue weighted by molar-refractivity contribution is -0.149. The van der Waals surface area contributed by atoms with Crippen LogP contribution in [-0.4, -0.2) is 119 Å². The fourth-order valence-electron chi connectivity index (χ4n) is 10.3. The summed E-state index contributed by atoms with van der Waals surface area (Å²) >= 11 is 7.65. The van der Waals surface area contributed by atoms with E-state index in [0.29, 0.717) is 120 Å². The first-order valence-electron chi connectivity index (χ1n) is 25.8. The van der Waals surface area contributed by atoms with E-state index in [0.717, 1.165) is 16.9 Å². The molecule has 2 saturated heterocycles. The molecular weight excluding hydrogens is 1100 g/mol. The smallest absolute Gasteiger partial charge is 0.328 e. The van der Waals surface area contributed by atoms with Gasteiger partial charge in [0.1, 0.15) is 18.2 Å². The molecule has 0 bridgehead atoms. The molecule has 8 rings (SSSR count). The predicted molar refractivity (Wildman–Crippen MR) is 308 cm³/mol. The van der Waals surface area contributed by atoms with Gasteiger partial charge in [0, 0.05) is 101 Å². The van der Waals surface area contributed by atoms with Crippen LogP contribution >= 0.6 is 31.0 Å². The Balaban J connectivity index is 0.897. The van der Waals surface area contributed by atoms with E-state index in [4.69, 9.17) is 26.1 Å². The summed E-state index contributed by atoms with van der Waals surface area (Å²) in [7, 11) is -12.0. The molecular formula is C56H66ClF2N6O9PS3. The fraction of sp³-hybridized carbons (Fsp3) is 0.375. The Morgan fingerprint density at radius 1 is 0.833 bits per heavy atom.